The molecular formula is C21H20ClF3O3. The Morgan fingerprint density at radius 3 is 2.57 bits per heavy atom. The summed E-state index contributed by atoms with van der Waals surface area (Å²) in [5, 5.41) is -1.21. The third kappa shape index (κ3) is 4.61. The number of hydrogen-bond acceptors (Lipinski definition) is 3. The summed E-state index contributed by atoms with van der Waals surface area (Å²) in [6.45, 7) is 3.44. The lowest BCUT2D eigenvalue weighted by Gasteiger charge is -2.04. The van der Waals surface area contributed by atoms with Crippen LogP contribution in [0.25, 0.3) is 0 Å². The Labute approximate surface area is 166 Å². The second-order valence-corrected chi connectivity index (χ2v) is 7.94. The third-order valence-corrected chi connectivity index (χ3v) is 5.41. The van der Waals surface area contributed by atoms with Crippen LogP contribution in [0.2, 0.25) is 0 Å². The SMILES string of the molecule is CC1(C)[C@H](C=C(Cl)C(F)(F)F)[C@@H]1C(=O)OCc1coc(Cc2ccccc2)c1. The average molecular weight is 413 g/mol. The summed E-state index contributed by atoms with van der Waals surface area (Å²) in [6.07, 6.45) is -1.57. The Balaban J connectivity index is 1.56. The molecule has 1 aliphatic rings. The summed E-state index contributed by atoms with van der Waals surface area (Å²) in [6, 6.07) is 11.6. The summed E-state index contributed by atoms with van der Waals surface area (Å²) in [5.74, 6) is -1.06. The van der Waals surface area contributed by atoms with Crippen LogP contribution in [-0.4, -0.2) is 12.1 Å². The van der Waals surface area contributed by atoms with Gasteiger partial charge >= 0.3 is 12.1 Å². The van der Waals surface area contributed by atoms with Gasteiger partial charge in [-0.05, 0) is 23.0 Å². The first-order chi connectivity index (χ1) is 13.1. The number of furan rings is 1. The van der Waals surface area contributed by atoms with E-state index < -0.39 is 34.4 Å². The van der Waals surface area contributed by atoms with Crippen molar-refractivity contribution in [1.29, 1.82) is 0 Å². The highest BCUT2D eigenvalue weighted by Crippen LogP contribution is 2.60. The molecule has 0 radical (unpaired) electrons. The molecule has 2 atom stereocenters. The quantitative estimate of drug-likeness (QED) is 0.557. The number of alkyl halides is 3. The molecule has 150 valence electrons. The highest BCUT2D eigenvalue weighted by Gasteiger charge is 2.62. The zero-order chi connectivity index (χ0) is 20.5. The minimum atomic E-state index is -4.61. The Hall–Kier alpha value is -2.21. The van der Waals surface area contributed by atoms with E-state index in [2.05, 4.69) is 0 Å². The zero-order valence-corrected chi connectivity index (χ0v) is 16.2. The molecule has 1 heterocycles. The summed E-state index contributed by atoms with van der Waals surface area (Å²) in [4.78, 5) is 12.3. The van der Waals surface area contributed by atoms with Crippen LogP contribution in [0.5, 0.6) is 0 Å². The molecule has 3 rings (SSSR count). The standard InChI is InChI=1S/C21H20ClF3O3/c1-20(2)16(10-17(22)21(23,24)25)18(20)19(26)28-12-14-9-15(27-11-14)8-13-6-4-3-5-7-13/h3-7,9-11,16,18H,8,12H2,1-2H3/t16-,18-/m1/s1. The number of ether oxygens (including phenoxy) is 1. The van der Waals surface area contributed by atoms with Crippen LogP contribution in [0.1, 0.15) is 30.7 Å². The van der Waals surface area contributed by atoms with Gasteiger partial charge in [-0.15, -0.1) is 0 Å². The first kappa shape index (κ1) is 20.5. The van der Waals surface area contributed by atoms with E-state index in [1.807, 2.05) is 30.3 Å². The average Bonchev–Trinajstić information content (AvgIpc) is 2.94. The van der Waals surface area contributed by atoms with E-state index in [9.17, 15) is 18.0 Å². The van der Waals surface area contributed by atoms with Crippen LogP contribution < -0.4 is 0 Å². The van der Waals surface area contributed by atoms with Gasteiger partial charge in [0.1, 0.15) is 17.4 Å². The Morgan fingerprint density at radius 1 is 1.25 bits per heavy atom. The molecule has 3 nitrogen and oxygen atoms in total. The molecule has 1 aromatic carbocycles. The van der Waals surface area contributed by atoms with Crippen molar-refractivity contribution in [1.82, 2.24) is 0 Å². The highest BCUT2D eigenvalue weighted by molar-refractivity contribution is 6.30. The second kappa shape index (κ2) is 7.66. The van der Waals surface area contributed by atoms with E-state index in [0.29, 0.717) is 12.0 Å². The molecule has 1 saturated carbocycles. The van der Waals surface area contributed by atoms with Crippen LogP contribution in [0.3, 0.4) is 0 Å². The van der Waals surface area contributed by atoms with E-state index in [0.717, 1.165) is 17.4 Å². The van der Waals surface area contributed by atoms with E-state index >= 15 is 0 Å². The van der Waals surface area contributed by atoms with Crippen molar-refractivity contribution in [3.8, 4) is 0 Å². The highest BCUT2D eigenvalue weighted by atomic mass is 35.5. The van der Waals surface area contributed by atoms with Crippen molar-refractivity contribution >= 4 is 17.6 Å². The van der Waals surface area contributed by atoms with Crippen LogP contribution in [0.4, 0.5) is 13.2 Å². The van der Waals surface area contributed by atoms with E-state index in [1.165, 1.54) is 6.26 Å². The number of benzene rings is 1. The van der Waals surface area contributed by atoms with Gasteiger partial charge in [0, 0.05) is 12.0 Å². The first-order valence-corrected chi connectivity index (χ1v) is 9.18. The van der Waals surface area contributed by atoms with Gasteiger partial charge in [-0.2, -0.15) is 13.2 Å². The number of carbonyl (C=O) groups is 1. The van der Waals surface area contributed by atoms with E-state index in [-0.39, 0.29) is 6.61 Å². The number of allylic oxidation sites excluding steroid dienone is 2. The molecule has 2 aromatic rings. The topological polar surface area (TPSA) is 39.4 Å². The zero-order valence-electron chi connectivity index (χ0n) is 15.4. The summed E-state index contributed by atoms with van der Waals surface area (Å²) < 4.78 is 48.6. The second-order valence-electron chi connectivity index (χ2n) is 7.53. The van der Waals surface area contributed by atoms with Gasteiger partial charge in [-0.25, -0.2) is 0 Å². The van der Waals surface area contributed by atoms with Gasteiger partial charge in [0.15, 0.2) is 0 Å². The maximum Gasteiger partial charge on any atom is 0.426 e. The molecule has 0 saturated heterocycles. The van der Waals surface area contributed by atoms with E-state index in [4.69, 9.17) is 20.8 Å². The number of esters is 1. The summed E-state index contributed by atoms with van der Waals surface area (Å²) in [7, 11) is 0. The predicted octanol–water partition coefficient (Wildman–Crippen LogP) is 5.87. The molecule has 0 bridgehead atoms. The lowest BCUT2D eigenvalue weighted by atomic mass is 10.1. The maximum absolute atomic E-state index is 12.6. The fourth-order valence-corrected chi connectivity index (χ4v) is 3.46. The number of hydrogen-bond donors (Lipinski definition) is 0. The fourth-order valence-electron chi connectivity index (χ4n) is 3.33. The lowest BCUT2D eigenvalue weighted by molar-refractivity contribution is -0.147. The van der Waals surface area contributed by atoms with Gasteiger partial charge in [-0.1, -0.05) is 61.9 Å². The lowest BCUT2D eigenvalue weighted by Crippen LogP contribution is -2.10. The molecule has 1 aromatic heterocycles. The van der Waals surface area contributed by atoms with E-state index in [1.54, 1.807) is 19.9 Å². The smallest absolute Gasteiger partial charge is 0.426 e. The molecule has 1 fully saturated rings. The molecule has 28 heavy (non-hydrogen) atoms. The molecule has 1 aliphatic carbocycles. The third-order valence-electron chi connectivity index (χ3n) is 5.07. The summed E-state index contributed by atoms with van der Waals surface area (Å²) in [5.41, 5.74) is 1.16. The van der Waals surface area contributed by atoms with Gasteiger partial charge < -0.3 is 9.15 Å². The number of rotatable bonds is 6. The van der Waals surface area contributed by atoms with Crippen LogP contribution in [-0.2, 0) is 22.6 Å². The number of halogens is 4. The monoisotopic (exact) mass is 412 g/mol. The maximum atomic E-state index is 12.6. The van der Waals surface area contributed by atoms with Crippen molar-refractivity contribution in [3.05, 3.63) is 70.7 Å². The minimum Gasteiger partial charge on any atom is -0.469 e. The molecule has 0 spiro atoms. The predicted molar refractivity (Wildman–Crippen MR) is 98.5 cm³/mol. The summed E-state index contributed by atoms with van der Waals surface area (Å²) >= 11 is 5.30. The Morgan fingerprint density at radius 2 is 1.93 bits per heavy atom. The Bertz CT molecular complexity index is 869. The van der Waals surface area contributed by atoms with Crippen molar-refractivity contribution < 1.29 is 27.1 Å². The van der Waals surface area contributed by atoms with Crippen LogP contribution >= 0.6 is 11.6 Å². The van der Waals surface area contributed by atoms with Crippen molar-refractivity contribution in [3.63, 3.8) is 0 Å². The van der Waals surface area contributed by atoms with Crippen molar-refractivity contribution in [2.24, 2.45) is 17.3 Å². The van der Waals surface area contributed by atoms with Crippen LogP contribution in [0, 0.1) is 17.3 Å². The van der Waals surface area contributed by atoms with Gasteiger partial charge in [0.05, 0.1) is 12.2 Å². The molecule has 0 unspecified atom stereocenters. The molecular weight excluding hydrogens is 393 g/mol. The fraction of sp³-hybridized carbons (Fsp3) is 0.381. The normalized spacial score (nSPS) is 21.4. The van der Waals surface area contributed by atoms with Gasteiger partial charge in [0.2, 0.25) is 0 Å². The first-order valence-electron chi connectivity index (χ1n) is 8.80. The van der Waals surface area contributed by atoms with Gasteiger partial charge in [-0.3, -0.25) is 4.79 Å². The minimum absolute atomic E-state index is 0.00708. The van der Waals surface area contributed by atoms with Gasteiger partial charge in [0.25, 0.3) is 0 Å². The molecule has 0 N–H and O–H groups in total. The van der Waals surface area contributed by atoms with Crippen molar-refractivity contribution in [2.45, 2.75) is 33.1 Å². The van der Waals surface area contributed by atoms with Crippen LogP contribution in [0.15, 0.2) is 58.2 Å². The van der Waals surface area contributed by atoms with Crippen molar-refractivity contribution in [2.75, 3.05) is 0 Å². The largest absolute Gasteiger partial charge is 0.469 e. The molecule has 0 amide bonds. The molecule has 0 aliphatic heterocycles. The molecule has 7 heteroatoms. The number of carbonyl (C=O) groups excluding carboxylic acids is 1. The Kier molecular flexibility index (Phi) is 5.62.